The van der Waals surface area contributed by atoms with E-state index < -0.39 is 11.3 Å². The molecular formula is C11H11N3O2. The van der Waals surface area contributed by atoms with Crippen LogP contribution in [-0.4, -0.2) is 10.5 Å². The van der Waals surface area contributed by atoms with Gasteiger partial charge in [-0.1, -0.05) is 0 Å². The molecule has 0 aliphatic rings. The lowest BCUT2D eigenvalue weighted by Crippen LogP contribution is -2.28. The minimum Gasteiger partial charge on any atom is -0.408 e. The number of oxazole rings is 1. The normalized spacial score (nSPS) is 11.3. The molecule has 0 spiro atoms. The molecule has 2 aromatic rings. The molecule has 0 amide bonds. The van der Waals surface area contributed by atoms with Gasteiger partial charge >= 0.3 is 5.76 Å². The molecule has 0 atom stereocenters. The largest absolute Gasteiger partial charge is 0.417 e. The fourth-order valence-corrected chi connectivity index (χ4v) is 1.41. The minimum atomic E-state index is -0.662. The molecule has 1 heterocycles. The van der Waals surface area contributed by atoms with E-state index in [1.807, 2.05) is 0 Å². The molecule has 5 heteroatoms. The van der Waals surface area contributed by atoms with E-state index in [1.165, 1.54) is 0 Å². The summed E-state index contributed by atoms with van der Waals surface area (Å²) in [4.78, 5) is 13.5. The van der Waals surface area contributed by atoms with E-state index >= 15 is 0 Å². The first-order valence-electron chi connectivity index (χ1n) is 4.82. The summed E-state index contributed by atoms with van der Waals surface area (Å²) < 4.78 is 4.92. The molecule has 0 saturated carbocycles. The van der Waals surface area contributed by atoms with Crippen LogP contribution in [-0.2, 0) is 0 Å². The molecule has 0 aliphatic heterocycles. The van der Waals surface area contributed by atoms with Crippen molar-refractivity contribution in [3.63, 3.8) is 0 Å². The Labute approximate surface area is 91.7 Å². The number of benzene rings is 1. The van der Waals surface area contributed by atoms with E-state index in [1.54, 1.807) is 32.0 Å². The van der Waals surface area contributed by atoms with Gasteiger partial charge in [-0.2, -0.15) is 5.26 Å². The van der Waals surface area contributed by atoms with Crippen molar-refractivity contribution >= 4 is 16.8 Å². The predicted octanol–water partition coefficient (Wildman–Crippen LogP) is 1.84. The second-order valence-corrected chi connectivity index (χ2v) is 4.09. The number of fused-ring (bicyclic) bond motifs is 1. The smallest absolute Gasteiger partial charge is 0.408 e. The first-order chi connectivity index (χ1) is 7.50. The van der Waals surface area contributed by atoms with E-state index in [0.29, 0.717) is 11.1 Å². The average Bonchev–Trinajstić information content (AvgIpc) is 2.57. The lowest BCUT2D eigenvalue weighted by molar-refractivity contribution is 0.555. The van der Waals surface area contributed by atoms with Gasteiger partial charge in [-0.3, -0.25) is 4.98 Å². The monoisotopic (exact) mass is 217 g/mol. The van der Waals surface area contributed by atoms with Gasteiger partial charge in [-0.05, 0) is 26.0 Å². The number of hydrogen-bond acceptors (Lipinski definition) is 4. The van der Waals surface area contributed by atoms with Crippen molar-refractivity contribution in [2.75, 3.05) is 5.32 Å². The first kappa shape index (κ1) is 10.3. The maximum atomic E-state index is 10.9. The summed E-state index contributed by atoms with van der Waals surface area (Å²) in [7, 11) is 0. The summed E-state index contributed by atoms with van der Waals surface area (Å²) in [6, 6.07) is 7.34. The second-order valence-electron chi connectivity index (χ2n) is 4.09. The predicted molar refractivity (Wildman–Crippen MR) is 60.1 cm³/mol. The molecule has 1 aromatic heterocycles. The van der Waals surface area contributed by atoms with Crippen LogP contribution in [0.4, 0.5) is 5.69 Å². The number of rotatable bonds is 2. The van der Waals surface area contributed by atoms with Crippen LogP contribution in [0.2, 0.25) is 0 Å². The van der Waals surface area contributed by atoms with Gasteiger partial charge in [0.25, 0.3) is 0 Å². The molecule has 0 fully saturated rings. The standard InChI is InChI=1S/C11H11N3O2/c1-11(2,6-12)14-7-3-4-8-9(5-7)16-10(15)13-8/h3-5,14H,1-2H3,(H,13,15). The maximum absolute atomic E-state index is 10.9. The maximum Gasteiger partial charge on any atom is 0.417 e. The van der Waals surface area contributed by atoms with Gasteiger partial charge in [0.1, 0.15) is 5.54 Å². The Bertz CT molecular complexity index is 616. The van der Waals surface area contributed by atoms with E-state index in [-0.39, 0.29) is 0 Å². The van der Waals surface area contributed by atoms with Crippen molar-refractivity contribution in [3.8, 4) is 6.07 Å². The third-order valence-corrected chi connectivity index (χ3v) is 2.16. The summed E-state index contributed by atoms with van der Waals surface area (Å²) in [6.45, 7) is 3.54. The second kappa shape index (κ2) is 3.42. The highest BCUT2D eigenvalue weighted by Crippen LogP contribution is 2.19. The molecule has 2 N–H and O–H groups in total. The molecule has 2 rings (SSSR count). The summed E-state index contributed by atoms with van der Waals surface area (Å²) >= 11 is 0. The summed E-state index contributed by atoms with van der Waals surface area (Å²) in [5, 5.41) is 11.9. The number of aromatic nitrogens is 1. The van der Waals surface area contributed by atoms with Gasteiger partial charge in [0.05, 0.1) is 11.6 Å². The summed E-state index contributed by atoms with van der Waals surface area (Å²) in [6.07, 6.45) is 0. The molecular weight excluding hydrogens is 206 g/mol. The number of nitriles is 1. The van der Waals surface area contributed by atoms with E-state index in [0.717, 1.165) is 5.69 Å². The Morgan fingerprint density at radius 1 is 1.50 bits per heavy atom. The Morgan fingerprint density at radius 2 is 2.25 bits per heavy atom. The number of anilines is 1. The van der Waals surface area contributed by atoms with Gasteiger partial charge in [0.15, 0.2) is 5.58 Å². The molecule has 16 heavy (non-hydrogen) atoms. The van der Waals surface area contributed by atoms with Crippen molar-refractivity contribution in [2.24, 2.45) is 0 Å². The number of aromatic amines is 1. The zero-order valence-electron chi connectivity index (χ0n) is 9.00. The number of nitrogens with zero attached hydrogens (tertiary/aromatic N) is 1. The quantitative estimate of drug-likeness (QED) is 0.804. The molecule has 0 aliphatic carbocycles. The van der Waals surface area contributed by atoms with Gasteiger partial charge in [-0.25, -0.2) is 4.79 Å². The van der Waals surface area contributed by atoms with Crippen LogP contribution in [0.5, 0.6) is 0 Å². The third-order valence-electron chi connectivity index (χ3n) is 2.16. The summed E-state index contributed by atoms with van der Waals surface area (Å²) in [5.74, 6) is -0.480. The SMILES string of the molecule is CC(C)(C#N)Nc1ccc2[nH]c(=O)oc2c1. The van der Waals surface area contributed by atoms with Crippen LogP contribution >= 0.6 is 0 Å². The lowest BCUT2D eigenvalue weighted by Gasteiger charge is -2.18. The fourth-order valence-electron chi connectivity index (χ4n) is 1.41. The van der Waals surface area contributed by atoms with Crippen LogP contribution in [0.15, 0.2) is 27.4 Å². The topological polar surface area (TPSA) is 81.8 Å². The van der Waals surface area contributed by atoms with Crippen molar-refractivity contribution in [1.82, 2.24) is 4.98 Å². The van der Waals surface area contributed by atoms with Gasteiger partial charge in [-0.15, -0.1) is 0 Å². The molecule has 5 nitrogen and oxygen atoms in total. The number of H-pyrrole nitrogens is 1. The molecule has 0 radical (unpaired) electrons. The van der Waals surface area contributed by atoms with Crippen LogP contribution < -0.4 is 11.1 Å². The summed E-state index contributed by atoms with van der Waals surface area (Å²) in [5.41, 5.74) is 1.19. The third kappa shape index (κ3) is 1.91. The van der Waals surface area contributed by atoms with Crippen molar-refractivity contribution in [1.29, 1.82) is 5.26 Å². The number of hydrogen-bond donors (Lipinski definition) is 2. The fraction of sp³-hybridized carbons (Fsp3) is 0.273. The highest BCUT2D eigenvalue weighted by molar-refractivity contribution is 5.77. The zero-order chi connectivity index (χ0) is 11.8. The van der Waals surface area contributed by atoms with Gasteiger partial charge in [0, 0.05) is 11.8 Å². The molecule has 82 valence electrons. The molecule has 0 saturated heterocycles. The lowest BCUT2D eigenvalue weighted by atomic mass is 10.1. The van der Waals surface area contributed by atoms with Crippen LogP contribution in [0, 0.1) is 11.3 Å². The molecule has 0 bridgehead atoms. The first-order valence-corrected chi connectivity index (χ1v) is 4.82. The van der Waals surface area contributed by atoms with E-state index in [9.17, 15) is 4.79 Å². The van der Waals surface area contributed by atoms with Crippen molar-refractivity contribution < 1.29 is 4.42 Å². The van der Waals surface area contributed by atoms with Crippen LogP contribution in [0.3, 0.4) is 0 Å². The minimum absolute atomic E-state index is 0.476. The van der Waals surface area contributed by atoms with Crippen LogP contribution in [0.25, 0.3) is 11.1 Å². The van der Waals surface area contributed by atoms with Crippen molar-refractivity contribution in [2.45, 2.75) is 19.4 Å². The Kier molecular flexibility index (Phi) is 2.20. The highest BCUT2D eigenvalue weighted by atomic mass is 16.4. The van der Waals surface area contributed by atoms with Crippen molar-refractivity contribution in [3.05, 3.63) is 28.7 Å². The van der Waals surface area contributed by atoms with Crippen LogP contribution in [0.1, 0.15) is 13.8 Å². The average molecular weight is 217 g/mol. The molecule has 1 aromatic carbocycles. The Morgan fingerprint density at radius 3 is 2.94 bits per heavy atom. The number of nitrogens with one attached hydrogen (secondary N) is 2. The van der Waals surface area contributed by atoms with E-state index in [2.05, 4.69) is 16.4 Å². The molecule has 0 unspecified atom stereocenters. The highest BCUT2D eigenvalue weighted by Gasteiger charge is 2.16. The Hall–Kier alpha value is -2.22. The van der Waals surface area contributed by atoms with Gasteiger partial charge < -0.3 is 9.73 Å². The zero-order valence-corrected chi connectivity index (χ0v) is 9.00. The van der Waals surface area contributed by atoms with E-state index in [4.69, 9.17) is 9.68 Å². The van der Waals surface area contributed by atoms with Gasteiger partial charge in [0.2, 0.25) is 0 Å². The Balaban J connectivity index is 2.40.